The van der Waals surface area contributed by atoms with Crippen LogP contribution in [0.25, 0.3) is 0 Å². The van der Waals surface area contributed by atoms with Crippen molar-refractivity contribution in [1.82, 2.24) is 4.98 Å². The van der Waals surface area contributed by atoms with Gasteiger partial charge < -0.3 is 9.72 Å². The van der Waals surface area contributed by atoms with Gasteiger partial charge in [-0.25, -0.2) is 0 Å². The van der Waals surface area contributed by atoms with E-state index in [0.717, 1.165) is 12.1 Å². The van der Waals surface area contributed by atoms with Crippen molar-refractivity contribution in [2.45, 2.75) is 13.3 Å². The Kier molecular flexibility index (Phi) is 3.80. The Morgan fingerprint density at radius 2 is 1.95 bits per heavy atom. The number of aromatic amines is 1. The quantitative estimate of drug-likeness (QED) is 0.854. The third-order valence-corrected chi connectivity index (χ3v) is 2.95. The Morgan fingerprint density at radius 1 is 1.26 bits per heavy atom. The number of benzene rings is 1. The van der Waals surface area contributed by atoms with Crippen LogP contribution in [0.5, 0.6) is 5.75 Å². The minimum absolute atomic E-state index is 0.155. The lowest BCUT2D eigenvalue weighted by Crippen LogP contribution is -2.16. The van der Waals surface area contributed by atoms with E-state index in [1.54, 1.807) is 31.4 Å². The highest BCUT2D eigenvalue weighted by atomic mass is 16.5. The van der Waals surface area contributed by atoms with Crippen molar-refractivity contribution in [1.29, 1.82) is 0 Å². The molecule has 0 aliphatic rings. The fourth-order valence-corrected chi connectivity index (χ4v) is 1.79. The number of hydrogen-bond donors (Lipinski definition) is 1. The van der Waals surface area contributed by atoms with Crippen molar-refractivity contribution in [3.8, 4) is 5.75 Å². The van der Waals surface area contributed by atoms with Gasteiger partial charge in [-0.3, -0.25) is 9.59 Å². The van der Waals surface area contributed by atoms with Gasteiger partial charge in [-0.1, -0.05) is 6.92 Å². The summed E-state index contributed by atoms with van der Waals surface area (Å²) < 4.78 is 5.03. The fraction of sp³-hybridized carbons (Fsp3) is 0.200. The number of carbonyl (C=O) groups is 1. The monoisotopic (exact) mass is 257 g/mol. The van der Waals surface area contributed by atoms with Crippen molar-refractivity contribution in [2.75, 3.05) is 7.11 Å². The molecule has 0 aliphatic carbocycles. The number of ether oxygens (including phenoxy) is 1. The molecule has 1 N–H and O–H groups in total. The number of aryl methyl sites for hydroxylation is 1. The van der Waals surface area contributed by atoms with Crippen molar-refractivity contribution >= 4 is 5.78 Å². The first-order valence-electron chi connectivity index (χ1n) is 6.06. The van der Waals surface area contributed by atoms with Gasteiger partial charge in [0.25, 0.3) is 0 Å². The van der Waals surface area contributed by atoms with E-state index in [4.69, 9.17) is 4.74 Å². The van der Waals surface area contributed by atoms with E-state index >= 15 is 0 Å². The SMILES string of the molecule is CCc1cc(=O)c(C(=O)c2ccc(OC)cc2)c[nH]1. The lowest BCUT2D eigenvalue weighted by molar-refractivity contribution is 0.103. The number of aromatic nitrogens is 1. The molecular weight excluding hydrogens is 242 g/mol. The molecule has 2 rings (SSSR count). The highest BCUT2D eigenvalue weighted by Crippen LogP contribution is 2.13. The van der Waals surface area contributed by atoms with Gasteiger partial charge in [0.15, 0.2) is 11.2 Å². The van der Waals surface area contributed by atoms with E-state index in [1.807, 2.05) is 6.92 Å². The third-order valence-electron chi connectivity index (χ3n) is 2.95. The van der Waals surface area contributed by atoms with Crippen molar-refractivity contribution < 1.29 is 9.53 Å². The molecular formula is C15H15NO3. The normalized spacial score (nSPS) is 10.2. The summed E-state index contributed by atoms with van der Waals surface area (Å²) in [6, 6.07) is 8.16. The zero-order valence-electron chi connectivity index (χ0n) is 10.9. The number of hydrogen-bond acceptors (Lipinski definition) is 3. The first-order valence-corrected chi connectivity index (χ1v) is 6.06. The minimum atomic E-state index is -0.286. The smallest absolute Gasteiger partial charge is 0.198 e. The average molecular weight is 257 g/mol. The van der Waals surface area contributed by atoms with Gasteiger partial charge in [0.05, 0.1) is 12.7 Å². The minimum Gasteiger partial charge on any atom is -0.497 e. The molecule has 4 heteroatoms. The number of H-pyrrole nitrogens is 1. The van der Waals surface area contributed by atoms with Crippen LogP contribution in [0.1, 0.15) is 28.5 Å². The number of methoxy groups -OCH3 is 1. The van der Waals surface area contributed by atoms with Crippen LogP contribution in [0, 0.1) is 0 Å². The molecule has 1 heterocycles. The van der Waals surface area contributed by atoms with Crippen LogP contribution >= 0.6 is 0 Å². The molecule has 0 saturated heterocycles. The first kappa shape index (κ1) is 13.1. The Hall–Kier alpha value is -2.36. The van der Waals surface area contributed by atoms with Crippen LogP contribution in [0.3, 0.4) is 0 Å². The van der Waals surface area contributed by atoms with Crippen LogP contribution in [0.15, 0.2) is 41.3 Å². The van der Waals surface area contributed by atoms with Gasteiger partial charge in [0, 0.05) is 23.5 Å². The molecule has 4 nitrogen and oxygen atoms in total. The van der Waals surface area contributed by atoms with E-state index in [0.29, 0.717) is 11.3 Å². The maximum absolute atomic E-state index is 12.2. The van der Waals surface area contributed by atoms with Gasteiger partial charge in [0.1, 0.15) is 5.75 Å². The van der Waals surface area contributed by atoms with E-state index < -0.39 is 0 Å². The summed E-state index contributed by atoms with van der Waals surface area (Å²) in [5.41, 5.74) is 1.19. The molecule has 0 spiro atoms. The average Bonchev–Trinajstić information content (AvgIpc) is 2.46. The standard InChI is InChI=1S/C15H15NO3/c1-3-11-8-14(17)13(9-16-11)15(18)10-4-6-12(19-2)7-5-10/h4-9H,3H2,1-2H3,(H,16,17). The molecule has 19 heavy (non-hydrogen) atoms. The van der Waals surface area contributed by atoms with E-state index in [9.17, 15) is 9.59 Å². The summed E-state index contributed by atoms with van der Waals surface area (Å²) in [5, 5.41) is 0. The Morgan fingerprint density at radius 3 is 2.47 bits per heavy atom. The Bertz CT molecular complexity index is 641. The van der Waals surface area contributed by atoms with Gasteiger partial charge in [-0.15, -0.1) is 0 Å². The molecule has 98 valence electrons. The van der Waals surface area contributed by atoms with Crippen LogP contribution in [-0.4, -0.2) is 17.9 Å². The number of ketones is 1. The zero-order chi connectivity index (χ0) is 13.8. The number of carbonyl (C=O) groups excluding carboxylic acids is 1. The molecule has 0 amide bonds. The highest BCUT2D eigenvalue weighted by molar-refractivity contribution is 6.08. The second-order valence-corrected chi connectivity index (χ2v) is 4.15. The molecule has 2 aromatic rings. The molecule has 0 bridgehead atoms. The predicted molar refractivity (Wildman–Crippen MR) is 72.9 cm³/mol. The largest absolute Gasteiger partial charge is 0.497 e. The lowest BCUT2D eigenvalue weighted by atomic mass is 10.0. The van der Waals surface area contributed by atoms with E-state index in [-0.39, 0.29) is 16.8 Å². The molecule has 0 fully saturated rings. The van der Waals surface area contributed by atoms with E-state index in [2.05, 4.69) is 4.98 Å². The molecule has 0 unspecified atom stereocenters. The summed E-state index contributed by atoms with van der Waals surface area (Å²) in [7, 11) is 1.56. The predicted octanol–water partition coefficient (Wildman–Crippen LogP) is 2.18. The number of nitrogens with one attached hydrogen (secondary N) is 1. The van der Waals surface area contributed by atoms with Crippen molar-refractivity contribution in [2.24, 2.45) is 0 Å². The van der Waals surface area contributed by atoms with Crippen molar-refractivity contribution in [3.63, 3.8) is 0 Å². The topological polar surface area (TPSA) is 59.2 Å². The van der Waals surface area contributed by atoms with Gasteiger partial charge in [0.2, 0.25) is 0 Å². The maximum Gasteiger partial charge on any atom is 0.198 e. The summed E-state index contributed by atoms with van der Waals surface area (Å²) >= 11 is 0. The molecule has 0 radical (unpaired) electrons. The maximum atomic E-state index is 12.2. The van der Waals surface area contributed by atoms with Gasteiger partial charge >= 0.3 is 0 Å². The third kappa shape index (κ3) is 2.73. The molecule has 1 aromatic carbocycles. The fourth-order valence-electron chi connectivity index (χ4n) is 1.79. The lowest BCUT2D eigenvalue weighted by Gasteiger charge is -2.03. The summed E-state index contributed by atoms with van der Waals surface area (Å²) in [5.74, 6) is 0.387. The molecule has 0 saturated carbocycles. The summed E-state index contributed by atoms with van der Waals surface area (Å²) in [4.78, 5) is 27.0. The number of rotatable bonds is 4. The Balaban J connectivity index is 2.35. The van der Waals surface area contributed by atoms with Gasteiger partial charge in [-0.2, -0.15) is 0 Å². The Labute approximate surface area is 111 Å². The second-order valence-electron chi connectivity index (χ2n) is 4.15. The first-order chi connectivity index (χ1) is 9.15. The molecule has 0 aliphatic heterocycles. The summed E-state index contributed by atoms with van der Waals surface area (Å²) in [6.45, 7) is 1.94. The zero-order valence-corrected chi connectivity index (χ0v) is 10.9. The summed E-state index contributed by atoms with van der Waals surface area (Å²) in [6.07, 6.45) is 2.21. The van der Waals surface area contributed by atoms with Crippen LogP contribution < -0.4 is 10.2 Å². The second kappa shape index (κ2) is 5.52. The van der Waals surface area contributed by atoms with E-state index in [1.165, 1.54) is 12.3 Å². The highest BCUT2D eigenvalue weighted by Gasteiger charge is 2.13. The molecule has 0 atom stereocenters. The number of pyridine rings is 1. The van der Waals surface area contributed by atoms with Crippen LogP contribution in [0.4, 0.5) is 0 Å². The van der Waals surface area contributed by atoms with Gasteiger partial charge in [-0.05, 0) is 30.7 Å². The van der Waals surface area contributed by atoms with Crippen LogP contribution in [-0.2, 0) is 6.42 Å². The van der Waals surface area contributed by atoms with Crippen LogP contribution in [0.2, 0.25) is 0 Å². The van der Waals surface area contributed by atoms with Crippen molar-refractivity contribution in [3.05, 3.63) is 63.6 Å². The molecule has 1 aromatic heterocycles.